The van der Waals surface area contributed by atoms with E-state index in [1.54, 1.807) is 0 Å². The predicted octanol–water partition coefficient (Wildman–Crippen LogP) is 1.48. The van der Waals surface area contributed by atoms with E-state index in [0.29, 0.717) is 29.4 Å². The Morgan fingerprint density at radius 1 is 1.06 bits per heavy atom. The van der Waals surface area contributed by atoms with E-state index < -0.39 is 30.4 Å². The van der Waals surface area contributed by atoms with Crippen molar-refractivity contribution in [2.24, 2.45) is 0 Å². The Balaban J connectivity index is 1.60. The molecule has 1 amide bonds. The van der Waals surface area contributed by atoms with Crippen molar-refractivity contribution in [3.8, 4) is 11.4 Å². The van der Waals surface area contributed by atoms with Crippen molar-refractivity contribution in [1.82, 2.24) is 29.8 Å². The van der Waals surface area contributed by atoms with Gasteiger partial charge in [0.25, 0.3) is 5.91 Å². The number of carbonyl (C=O) groups is 1. The second kappa shape index (κ2) is 9.61. The average Bonchev–Trinajstić information content (AvgIpc) is 3.43. The zero-order chi connectivity index (χ0) is 25.4. The first-order valence-corrected chi connectivity index (χ1v) is 11.6. The van der Waals surface area contributed by atoms with Gasteiger partial charge in [-0.1, -0.05) is 30.3 Å². The van der Waals surface area contributed by atoms with Gasteiger partial charge < -0.3 is 25.6 Å². The molecule has 186 valence electrons. The number of fused-ring (bicyclic) bond motifs is 1. The number of nitrogens with one attached hydrogen (secondary N) is 2. The van der Waals surface area contributed by atoms with Gasteiger partial charge >= 0.3 is 0 Å². The lowest BCUT2D eigenvalue weighted by atomic mass is 10.1. The first kappa shape index (κ1) is 23.8. The van der Waals surface area contributed by atoms with Crippen LogP contribution in [-0.4, -0.2) is 66.0 Å². The molecule has 1 saturated heterocycles. The predicted molar refractivity (Wildman–Crippen MR) is 132 cm³/mol. The van der Waals surface area contributed by atoms with E-state index in [1.807, 2.05) is 56.3 Å². The minimum atomic E-state index is -1.41. The molecule has 0 aliphatic carbocycles. The van der Waals surface area contributed by atoms with Gasteiger partial charge in [0, 0.05) is 30.5 Å². The summed E-state index contributed by atoms with van der Waals surface area (Å²) in [5.41, 5.74) is 4.28. The fraction of sp³-hybridized carbons (Fsp3) is 0.320. The zero-order valence-corrected chi connectivity index (χ0v) is 20.1. The molecule has 1 fully saturated rings. The number of hydrogen-bond acceptors (Lipinski definition) is 9. The third-order valence-corrected chi connectivity index (χ3v) is 6.21. The van der Waals surface area contributed by atoms with E-state index in [9.17, 15) is 15.0 Å². The van der Waals surface area contributed by atoms with Crippen LogP contribution in [0.4, 0.5) is 5.82 Å². The van der Waals surface area contributed by atoms with Gasteiger partial charge in [-0.05, 0) is 31.5 Å². The SMILES string of the molecule is CNC(=O)[C@H]1O[C@@H](n2cnc3c(NCc4ccccc4)nc(-c4ccc(C)nc4C)nc32)[C@H](O)[C@@H]1O. The maximum atomic E-state index is 12.2. The molecule has 11 heteroatoms. The molecule has 5 rings (SSSR count). The average molecular weight is 490 g/mol. The van der Waals surface area contributed by atoms with E-state index in [-0.39, 0.29) is 0 Å². The molecule has 1 aliphatic rings. The summed E-state index contributed by atoms with van der Waals surface area (Å²) in [6.07, 6.45) is -3.62. The zero-order valence-electron chi connectivity index (χ0n) is 20.1. The van der Waals surface area contributed by atoms with Crippen molar-refractivity contribution < 1.29 is 19.7 Å². The van der Waals surface area contributed by atoms with Crippen LogP contribution < -0.4 is 10.6 Å². The number of anilines is 1. The molecule has 0 radical (unpaired) electrons. The summed E-state index contributed by atoms with van der Waals surface area (Å²) in [5, 5.41) is 26.9. The number of aryl methyl sites for hydroxylation is 2. The van der Waals surface area contributed by atoms with Crippen LogP contribution in [0.15, 0.2) is 48.8 Å². The van der Waals surface area contributed by atoms with Gasteiger partial charge in [-0.15, -0.1) is 0 Å². The van der Waals surface area contributed by atoms with Crippen LogP contribution in [0.2, 0.25) is 0 Å². The Labute approximate surface area is 207 Å². The first-order valence-electron chi connectivity index (χ1n) is 11.6. The number of hydrogen-bond donors (Lipinski definition) is 4. The van der Waals surface area contributed by atoms with Crippen LogP contribution in [0, 0.1) is 13.8 Å². The molecule has 4 N–H and O–H groups in total. The highest BCUT2D eigenvalue weighted by molar-refractivity contribution is 5.85. The van der Waals surface area contributed by atoms with Gasteiger partial charge in [0.15, 0.2) is 35.1 Å². The molecule has 1 aromatic carbocycles. The van der Waals surface area contributed by atoms with E-state index in [4.69, 9.17) is 14.7 Å². The topological polar surface area (TPSA) is 147 Å². The van der Waals surface area contributed by atoms with Crippen molar-refractivity contribution in [3.63, 3.8) is 0 Å². The molecule has 4 aromatic rings. The summed E-state index contributed by atoms with van der Waals surface area (Å²) in [5.74, 6) is 0.379. The number of imidazole rings is 1. The van der Waals surface area contributed by atoms with Crippen LogP contribution in [0.3, 0.4) is 0 Å². The maximum Gasteiger partial charge on any atom is 0.251 e. The summed E-state index contributed by atoms with van der Waals surface area (Å²) >= 11 is 0. The van der Waals surface area contributed by atoms with Crippen molar-refractivity contribution in [3.05, 3.63) is 65.7 Å². The normalized spacial score (nSPS) is 21.6. The molecule has 0 unspecified atom stereocenters. The molecule has 0 bridgehead atoms. The molecule has 0 saturated carbocycles. The largest absolute Gasteiger partial charge is 0.387 e. The molecular weight excluding hydrogens is 462 g/mol. The van der Waals surface area contributed by atoms with Crippen LogP contribution in [-0.2, 0) is 16.1 Å². The first-order chi connectivity index (χ1) is 17.4. The fourth-order valence-corrected chi connectivity index (χ4v) is 4.30. The summed E-state index contributed by atoms with van der Waals surface area (Å²) < 4.78 is 7.28. The Hall–Kier alpha value is -3.93. The molecule has 3 aromatic heterocycles. The van der Waals surface area contributed by atoms with Gasteiger partial charge in [0.1, 0.15) is 12.2 Å². The van der Waals surface area contributed by atoms with Gasteiger partial charge in [-0.25, -0.2) is 15.0 Å². The van der Waals surface area contributed by atoms with E-state index >= 15 is 0 Å². The molecular formula is C25H27N7O4. The number of benzene rings is 1. The number of aromatic nitrogens is 5. The highest BCUT2D eigenvalue weighted by Gasteiger charge is 2.47. The summed E-state index contributed by atoms with van der Waals surface area (Å²) in [6, 6.07) is 13.7. The van der Waals surface area contributed by atoms with Crippen molar-refractivity contribution >= 4 is 22.9 Å². The fourth-order valence-electron chi connectivity index (χ4n) is 4.30. The molecule has 1 aliphatic heterocycles. The number of aliphatic hydroxyl groups excluding tert-OH is 2. The lowest BCUT2D eigenvalue weighted by Gasteiger charge is -2.17. The number of rotatable bonds is 6. The van der Waals surface area contributed by atoms with Crippen LogP contribution in [0.1, 0.15) is 23.2 Å². The molecule has 36 heavy (non-hydrogen) atoms. The standard InChI is InChI=1S/C25H27N7O4/c1-13-9-10-16(14(2)29-13)21-30-22(27-11-15-7-5-4-6-8-15)17-23(31-21)32(12-28-17)25-19(34)18(33)20(36-25)24(35)26-3/h4-10,12,18-20,25,33-34H,11H2,1-3H3,(H,26,35)(H,27,30,31)/t18-,19+,20-,25+/m0/s1. The Bertz CT molecular complexity index is 1410. The summed E-state index contributed by atoms with van der Waals surface area (Å²) in [7, 11) is 1.44. The Morgan fingerprint density at radius 2 is 1.83 bits per heavy atom. The van der Waals surface area contributed by atoms with E-state index in [0.717, 1.165) is 22.5 Å². The summed E-state index contributed by atoms with van der Waals surface area (Å²) in [6.45, 7) is 4.30. The number of aliphatic hydroxyl groups is 2. The van der Waals surface area contributed by atoms with Gasteiger partial charge in [0.2, 0.25) is 0 Å². The van der Waals surface area contributed by atoms with Crippen molar-refractivity contribution in [2.75, 3.05) is 12.4 Å². The number of carbonyl (C=O) groups excluding carboxylic acids is 1. The number of pyridine rings is 1. The van der Waals surface area contributed by atoms with Crippen LogP contribution in [0.25, 0.3) is 22.6 Å². The third-order valence-electron chi connectivity index (χ3n) is 6.21. The Kier molecular flexibility index (Phi) is 6.35. The lowest BCUT2D eigenvalue weighted by molar-refractivity contribution is -0.137. The van der Waals surface area contributed by atoms with Crippen molar-refractivity contribution in [2.45, 2.75) is 44.9 Å². The van der Waals surface area contributed by atoms with Gasteiger partial charge in [0.05, 0.1) is 6.33 Å². The highest BCUT2D eigenvalue weighted by atomic mass is 16.6. The summed E-state index contributed by atoms with van der Waals surface area (Å²) in [4.78, 5) is 30.7. The smallest absolute Gasteiger partial charge is 0.251 e. The van der Waals surface area contributed by atoms with Gasteiger partial charge in [-0.2, -0.15) is 0 Å². The maximum absolute atomic E-state index is 12.2. The third kappa shape index (κ3) is 4.28. The van der Waals surface area contributed by atoms with E-state index in [2.05, 4.69) is 20.6 Å². The van der Waals surface area contributed by atoms with Crippen LogP contribution >= 0.6 is 0 Å². The highest BCUT2D eigenvalue weighted by Crippen LogP contribution is 2.34. The minimum absolute atomic E-state index is 0.379. The number of likely N-dealkylation sites (N-methyl/N-ethyl adjacent to an activating group) is 1. The monoisotopic (exact) mass is 489 g/mol. The quantitative estimate of drug-likeness (QED) is 0.316. The molecule has 0 spiro atoms. The number of amides is 1. The lowest BCUT2D eigenvalue weighted by Crippen LogP contribution is -2.41. The molecule has 4 heterocycles. The van der Waals surface area contributed by atoms with Crippen LogP contribution in [0.5, 0.6) is 0 Å². The number of nitrogens with zero attached hydrogens (tertiary/aromatic N) is 5. The van der Waals surface area contributed by atoms with Gasteiger partial charge in [-0.3, -0.25) is 14.3 Å². The molecule has 4 atom stereocenters. The van der Waals surface area contributed by atoms with Crippen molar-refractivity contribution in [1.29, 1.82) is 0 Å². The van der Waals surface area contributed by atoms with E-state index in [1.165, 1.54) is 17.9 Å². The second-order valence-electron chi connectivity index (χ2n) is 8.69. The molecule has 11 nitrogen and oxygen atoms in total. The second-order valence-corrected chi connectivity index (χ2v) is 8.69. The Morgan fingerprint density at radius 3 is 2.56 bits per heavy atom. The minimum Gasteiger partial charge on any atom is -0.387 e. The number of ether oxygens (including phenoxy) is 1.